The van der Waals surface area contributed by atoms with Gasteiger partial charge < -0.3 is 4.90 Å². The second kappa shape index (κ2) is 5.00. The zero-order chi connectivity index (χ0) is 12.4. The molecule has 0 aromatic carbocycles. The second-order valence-corrected chi connectivity index (χ2v) is 5.42. The predicted molar refractivity (Wildman–Crippen MR) is 68.4 cm³/mol. The fourth-order valence-corrected chi connectivity index (χ4v) is 3.08. The van der Waals surface area contributed by atoms with Crippen LogP contribution in [0.2, 0.25) is 0 Å². The number of piperidine rings is 1. The van der Waals surface area contributed by atoms with Crippen molar-refractivity contribution in [2.45, 2.75) is 26.7 Å². The van der Waals surface area contributed by atoms with Gasteiger partial charge in [-0.1, -0.05) is 6.92 Å². The molecule has 0 saturated carbocycles. The molecule has 0 aliphatic carbocycles. The van der Waals surface area contributed by atoms with Crippen molar-refractivity contribution in [3.8, 4) is 0 Å². The van der Waals surface area contributed by atoms with Crippen molar-refractivity contribution in [3.05, 3.63) is 21.9 Å². The molecule has 1 aliphatic rings. The first-order chi connectivity index (χ1) is 8.13. The largest absolute Gasteiger partial charge is 0.337 e. The van der Waals surface area contributed by atoms with Gasteiger partial charge in [0.25, 0.3) is 5.91 Å². The fraction of sp³-hybridized carbons (Fsp3) is 0.538. The Bertz CT molecular complexity index is 438. The predicted octanol–water partition coefficient (Wildman–Crippen LogP) is 2.50. The number of hydrogen-bond donors (Lipinski definition) is 0. The van der Waals surface area contributed by atoms with Crippen molar-refractivity contribution in [1.82, 2.24) is 4.90 Å². The van der Waals surface area contributed by atoms with Crippen molar-refractivity contribution in [3.63, 3.8) is 0 Å². The lowest BCUT2D eigenvalue weighted by Crippen LogP contribution is -2.43. The topological polar surface area (TPSA) is 37.4 Å². The number of amides is 1. The van der Waals surface area contributed by atoms with E-state index >= 15 is 0 Å². The summed E-state index contributed by atoms with van der Waals surface area (Å²) in [7, 11) is 0. The Labute approximate surface area is 105 Å². The summed E-state index contributed by atoms with van der Waals surface area (Å²) in [6.45, 7) is 5.13. The Morgan fingerprint density at radius 2 is 2.35 bits per heavy atom. The van der Waals surface area contributed by atoms with E-state index in [2.05, 4.69) is 0 Å². The summed E-state index contributed by atoms with van der Waals surface area (Å²) in [5.41, 5.74) is 1.03. The van der Waals surface area contributed by atoms with Crippen molar-refractivity contribution >= 4 is 23.0 Å². The van der Waals surface area contributed by atoms with E-state index in [1.807, 2.05) is 30.2 Å². The Hall–Kier alpha value is -1.16. The van der Waals surface area contributed by atoms with E-state index < -0.39 is 0 Å². The molecule has 1 amide bonds. The lowest BCUT2D eigenvalue weighted by Gasteiger charge is -2.31. The molecule has 1 aromatic rings. The van der Waals surface area contributed by atoms with Gasteiger partial charge in [-0.05, 0) is 30.4 Å². The number of carbonyl (C=O) groups is 2. The van der Waals surface area contributed by atoms with E-state index in [-0.39, 0.29) is 11.8 Å². The molecule has 0 bridgehead atoms. The number of Topliss-reactive ketones (excluding diaryl/α,β-unsaturated/α-hetero) is 1. The number of ketones is 1. The summed E-state index contributed by atoms with van der Waals surface area (Å²) >= 11 is 1.48. The molecule has 92 valence electrons. The maximum atomic E-state index is 12.3. The van der Waals surface area contributed by atoms with E-state index in [0.717, 1.165) is 16.9 Å². The lowest BCUT2D eigenvalue weighted by atomic mass is 9.94. The van der Waals surface area contributed by atoms with Crippen LogP contribution in [0.5, 0.6) is 0 Å². The minimum absolute atomic E-state index is 0.0352. The average molecular weight is 251 g/mol. The number of thiophene rings is 1. The number of aryl methyl sites for hydroxylation is 1. The highest BCUT2D eigenvalue weighted by molar-refractivity contribution is 7.12. The van der Waals surface area contributed by atoms with Gasteiger partial charge in [-0.25, -0.2) is 0 Å². The molecule has 17 heavy (non-hydrogen) atoms. The number of nitrogens with zero attached hydrogens (tertiary/aromatic N) is 1. The van der Waals surface area contributed by atoms with Crippen LogP contribution in [0.3, 0.4) is 0 Å². The Morgan fingerprint density at radius 3 is 2.94 bits per heavy atom. The summed E-state index contributed by atoms with van der Waals surface area (Å²) in [5, 5.41) is 1.94. The molecule has 1 aliphatic heterocycles. The minimum atomic E-state index is 0.0352. The molecular formula is C13H17NO2S. The molecule has 3 nitrogen and oxygen atoms in total. The molecule has 1 unspecified atom stereocenters. The summed E-state index contributed by atoms with van der Waals surface area (Å²) in [6.07, 6.45) is 1.33. The molecule has 4 heteroatoms. The van der Waals surface area contributed by atoms with Gasteiger partial charge in [0.05, 0.1) is 4.88 Å². The average Bonchev–Trinajstić information content (AvgIpc) is 2.75. The van der Waals surface area contributed by atoms with Crippen molar-refractivity contribution in [1.29, 1.82) is 0 Å². The first-order valence-corrected chi connectivity index (χ1v) is 6.87. The highest BCUT2D eigenvalue weighted by Crippen LogP contribution is 2.22. The van der Waals surface area contributed by atoms with Gasteiger partial charge in [0.15, 0.2) is 0 Å². The van der Waals surface area contributed by atoms with Crippen LogP contribution in [0.4, 0.5) is 0 Å². The van der Waals surface area contributed by atoms with Crippen molar-refractivity contribution < 1.29 is 9.59 Å². The SMILES string of the molecule is CCC1CN(C(=O)c2sccc2C)CCC1=O. The van der Waals surface area contributed by atoms with E-state index in [4.69, 9.17) is 0 Å². The van der Waals surface area contributed by atoms with Crippen LogP contribution < -0.4 is 0 Å². The highest BCUT2D eigenvalue weighted by atomic mass is 32.1. The van der Waals surface area contributed by atoms with Gasteiger partial charge in [0.1, 0.15) is 5.78 Å². The van der Waals surface area contributed by atoms with Crippen LogP contribution in [0.15, 0.2) is 11.4 Å². The zero-order valence-corrected chi connectivity index (χ0v) is 11.0. The first kappa shape index (κ1) is 12.3. The van der Waals surface area contributed by atoms with Gasteiger partial charge in [-0.3, -0.25) is 9.59 Å². The third-order valence-corrected chi connectivity index (χ3v) is 4.37. The molecule has 0 N–H and O–H groups in total. The van der Waals surface area contributed by atoms with Crippen molar-refractivity contribution in [2.24, 2.45) is 5.92 Å². The first-order valence-electron chi connectivity index (χ1n) is 5.99. The molecule has 0 radical (unpaired) electrons. The Morgan fingerprint density at radius 1 is 1.59 bits per heavy atom. The summed E-state index contributed by atoms with van der Waals surface area (Å²) in [4.78, 5) is 26.5. The van der Waals surface area contributed by atoms with Crippen molar-refractivity contribution in [2.75, 3.05) is 13.1 Å². The molecule has 1 fully saturated rings. The van der Waals surface area contributed by atoms with Crippen LogP contribution >= 0.6 is 11.3 Å². The summed E-state index contributed by atoms with van der Waals surface area (Å²) in [6, 6.07) is 1.96. The van der Waals surface area contributed by atoms with Gasteiger partial charge in [0.2, 0.25) is 0 Å². The molecular weight excluding hydrogens is 234 g/mol. The van der Waals surface area contributed by atoms with Crippen LogP contribution in [-0.4, -0.2) is 29.7 Å². The zero-order valence-electron chi connectivity index (χ0n) is 10.2. The second-order valence-electron chi connectivity index (χ2n) is 4.51. The maximum Gasteiger partial charge on any atom is 0.264 e. The third-order valence-electron chi connectivity index (χ3n) is 3.36. The number of rotatable bonds is 2. The van der Waals surface area contributed by atoms with Gasteiger partial charge >= 0.3 is 0 Å². The summed E-state index contributed by atoms with van der Waals surface area (Å²) in [5.74, 6) is 0.427. The maximum absolute atomic E-state index is 12.3. The van der Waals surface area contributed by atoms with Crippen LogP contribution in [0.25, 0.3) is 0 Å². The number of likely N-dealkylation sites (tertiary alicyclic amines) is 1. The van der Waals surface area contributed by atoms with Gasteiger partial charge in [-0.2, -0.15) is 0 Å². The molecule has 1 atom stereocenters. The van der Waals surface area contributed by atoms with E-state index in [0.29, 0.717) is 25.3 Å². The normalized spacial score (nSPS) is 20.7. The van der Waals surface area contributed by atoms with E-state index in [1.54, 1.807) is 0 Å². The lowest BCUT2D eigenvalue weighted by molar-refractivity contribution is -0.125. The van der Waals surface area contributed by atoms with Gasteiger partial charge in [0, 0.05) is 25.4 Å². The Kier molecular flexibility index (Phi) is 3.62. The van der Waals surface area contributed by atoms with E-state index in [9.17, 15) is 9.59 Å². The highest BCUT2D eigenvalue weighted by Gasteiger charge is 2.29. The fourth-order valence-electron chi connectivity index (χ4n) is 2.19. The molecule has 2 rings (SSSR count). The smallest absolute Gasteiger partial charge is 0.264 e. The Balaban J connectivity index is 2.11. The van der Waals surface area contributed by atoms with Crippen LogP contribution in [0, 0.1) is 12.8 Å². The minimum Gasteiger partial charge on any atom is -0.337 e. The quantitative estimate of drug-likeness (QED) is 0.810. The summed E-state index contributed by atoms with van der Waals surface area (Å²) < 4.78 is 0. The van der Waals surface area contributed by atoms with Crippen LogP contribution in [0.1, 0.15) is 35.0 Å². The molecule has 1 saturated heterocycles. The van der Waals surface area contributed by atoms with Gasteiger partial charge in [-0.15, -0.1) is 11.3 Å². The molecule has 0 spiro atoms. The van der Waals surface area contributed by atoms with E-state index in [1.165, 1.54) is 11.3 Å². The van der Waals surface area contributed by atoms with Crippen LogP contribution in [-0.2, 0) is 4.79 Å². The monoisotopic (exact) mass is 251 g/mol. The standard InChI is InChI=1S/C13H17NO2S/c1-3-10-8-14(6-4-11(10)15)13(16)12-9(2)5-7-17-12/h5,7,10H,3-4,6,8H2,1-2H3. The number of hydrogen-bond acceptors (Lipinski definition) is 3. The number of carbonyl (C=O) groups excluding carboxylic acids is 2. The molecule has 2 heterocycles. The third kappa shape index (κ3) is 2.41. The molecule has 1 aromatic heterocycles.